The third-order valence-electron chi connectivity index (χ3n) is 3.23. The maximum absolute atomic E-state index is 6.01. The smallest absolute Gasteiger partial charge is 0.231 e. The second kappa shape index (κ2) is 7.01. The first-order valence-electron chi connectivity index (χ1n) is 7.09. The molecule has 0 aliphatic rings. The van der Waals surface area contributed by atoms with Crippen LogP contribution in [0.1, 0.15) is 65.3 Å². The first-order chi connectivity index (χ1) is 8.88. The summed E-state index contributed by atoms with van der Waals surface area (Å²) in [5.41, 5.74) is 6.01. The van der Waals surface area contributed by atoms with Gasteiger partial charge in [0.2, 0.25) is 11.7 Å². The highest BCUT2D eigenvalue weighted by molar-refractivity contribution is 5.01. The van der Waals surface area contributed by atoms with E-state index in [1.54, 1.807) is 0 Å². The molecule has 5 nitrogen and oxygen atoms in total. The third-order valence-corrected chi connectivity index (χ3v) is 3.23. The maximum atomic E-state index is 6.01. The van der Waals surface area contributed by atoms with Crippen molar-refractivity contribution in [3.8, 4) is 0 Å². The van der Waals surface area contributed by atoms with E-state index in [9.17, 15) is 0 Å². The normalized spacial score (nSPS) is 16.9. The molecule has 0 fully saturated rings. The molecule has 0 saturated heterocycles. The second-order valence-electron chi connectivity index (χ2n) is 5.74. The number of nitrogens with zero attached hydrogens (tertiary/aromatic N) is 2. The molecule has 0 aliphatic carbocycles. The molecule has 1 aromatic heterocycles. The predicted octanol–water partition coefficient (Wildman–Crippen LogP) is 2.89. The zero-order valence-corrected chi connectivity index (χ0v) is 12.9. The lowest BCUT2D eigenvalue weighted by Gasteiger charge is -2.20. The van der Waals surface area contributed by atoms with Gasteiger partial charge in [0.15, 0.2) is 0 Å². The maximum Gasteiger partial charge on any atom is 0.231 e. The molecule has 19 heavy (non-hydrogen) atoms. The van der Waals surface area contributed by atoms with Crippen LogP contribution < -0.4 is 5.73 Å². The average molecular weight is 269 g/mol. The number of hydrogen-bond donors (Lipinski definition) is 1. The van der Waals surface area contributed by atoms with Crippen molar-refractivity contribution in [3.05, 3.63) is 11.7 Å². The van der Waals surface area contributed by atoms with Gasteiger partial charge in [0.1, 0.15) is 6.10 Å². The zero-order chi connectivity index (χ0) is 14.6. The van der Waals surface area contributed by atoms with Crippen molar-refractivity contribution in [1.29, 1.82) is 0 Å². The molecule has 1 heterocycles. The lowest BCUT2D eigenvalue weighted by Crippen LogP contribution is -2.28. The number of aromatic nitrogens is 2. The van der Waals surface area contributed by atoms with Crippen molar-refractivity contribution < 1.29 is 9.26 Å². The Kier molecular flexibility index (Phi) is 5.94. The minimum absolute atomic E-state index is 0.0158. The molecule has 0 bridgehead atoms. The van der Waals surface area contributed by atoms with Gasteiger partial charge in [0, 0.05) is 12.6 Å². The summed E-state index contributed by atoms with van der Waals surface area (Å²) in [6.07, 6.45) is -0.122. The van der Waals surface area contributed by atoms with Crippen molar-refractivity contribution in [3.63, 3.8) is 0 Å². The zero-order valence-electron chi connectivity index (χ0n) is 12.9. The highest BCUT2D eigenvalue weighted by Crippen LogP contribution is 2.29. The summed E-state index contributed by atoms with van der Waals surface area (Å²) in [4.78, 5) is 4.51. The summed E-state index contributed by atoms with van der Waals surface area (Å²) < 4.78 is 11.1. The van der Waals surface area contributed by atoms with Gasteiger partial charge in [-0.05, 0) is 25.7 Å². The van der Waals surface area contributed by atoms with Crippen LogP contribution in [0.2, 0.25) is 0 Å². The monoisotopic (exact) mass is 269 g/mol. The van der Waals surface area contributed by atoms with E-state index in [0.29, 0.717) is 30.2 Å². The summed E-state index contributed by atoms with van der Waals surface area (Å²) in [5, 5.41) is 4.08. The summed E-state index contributed by atoms with van der Waals surface area (Å²) in [6, 6.07) is -0.0158. The van der Waals surface area contributed by atoms with Gasteiger partial charge in [-0.3, -0.25) is 0 Å². The number of nitrogens with two attached hydrogens (primary N) is 1. The van der Waals surface area contributed by atoms with Crippen LogP contribution in [0.3, 0.4) is 0 Å². The van der Waals surface area contributed by atoms with E-state index in [4.69, 9.17) is 15.0 Å². The van der Waals surface area contributed by atoms with E-state index in [2.05, 4.69) is 37.8 Å². The Morgan fingerprint density at radius 1 is 1.16 bits per heavy atom. The van der Waals surface area contributed by atoms with Gasteiger partial charge in [-0.15, -0.1) is 0 Å². The fourth-order valence-electron chi connectivity index (χ4n) is 2.36. The summed E-state index contributed by atoms with van der Waals surface area (Å²) in [6.45, 7) is 13.0. The standard InChI is InChI=1S/C14H27N3O2/c1-7-18-12(9(4)5)13-16-14(19-17-13)11(8(2)3)10(6)15/h8-12H,7,15H2,1-6H3. The molecule has 0 spiro atoms. The van der Waals surface area contributed by atoms with E-state index < -0.39 is 0 Å². The SMILES string of the molecule is CCOC(c1noc(C(C(C)C)C(C)N)n1)C(C)C. The van der Waals surface area contributed by atoms with Crippen LogP contribution in [0, 0.1) is 11.8 Å². The molecule has 0 amide bonds. The molecular formula is C14H27N3O2. The Balaban J connectivity index is 2.96. The lowest BCUT2D eigenvalue weighted by molar-refractivity contribution is 0.0217. The number of hydrogen-bond acceptors (Lipinski definition) is 5. The van der Waals surface area contributed by atoms with Crippen LogP contribution in [-0.2, 0) is 4.74 Å². The van der Waals surface area contributed by atoms with Crippen molar-refractivity contribution in [2.24, 2.45) is 17.6 Å². The Morgan fingerprint density at radius 2 is 1.79 bits per heavy atom. The van der Waals surface area contributed by atoms with Crippen LogP contribution in [0.4, 0.5) is 0 Å². The molecule has 0 saturated carbocycles. The molecule has 0 radical (unpaired) electrons. The summed E-state index contributed by atoms with van der Waals surface area (Å²) in [7, 11) is 0. The summed E-state index contributed by atoms with van der Waals surface area (Å²) >= 11 is 0. The van der Waals surface area contributed by atoms with Crippen LogP contribution >= 0.6 is 0 Å². The Bertz CT molecular complexity index is 367. The van der Waals surface area contributed by atoms with Gasteiger partial charge in [0.25, 0.3) is 0 Å². The quantitative estimate of drug-likeness (QED) is 0.823. The molecule has 3 atom stereocenters. The molecule has 3 unspecified atom stereocenters. The Morgan fingerprint density at radius 3 is 2.21 bits per heavy atom. The highest BCUT2D eigenvalue weighted by atomic mass is 16.5. The highest BCUT2D eigenvalue weighted by Gasteiger charge is 2.29. The molecule has 0 aliphatic heterocycles. The van der Waals surface area contributed by atoms with Gasteiger partial charge in [-0.25, -0.2) is 0 Å². The molecule has 2 N–H and O–H groups in total. The van der Waals surface area contributed by atoms with Crippen molar-refractivity contribution >= 4 is 0 Å². The number of ether oxygens (including phenoxy) is 1. The van der Waals surface area contributed by atoms with Gasteiger partial charge in [-0.1, -0.05) is 32.9 Å². The van der Waals surface area contributed by atoms with E-state index in [1.165, 1.54) is 0 Å². The van der Waals surface area contributed by atoms with Crippen LogP contribution in [-0.4, -0.2) is 22.8 Å². The topological polar surface area (TPSA) is 74.2 Å². The molecule has 1 rings (SSSR count). The van der Waals surface area contributed by atoms with Gasteiger partial charge >= 0.3 is 0 Å². The first kappa shape index (κ1) is 16.1. The Hall–Kier alpha value is -0.940. The molecule has 110 valence electrons. The van der Waals surface area contributed by atoms with E-state index in [1.807, 2.05) is 13.8 Å². The number of rotatable bonds is 7. The van der Waals surface area contributed by atoms with Crippen molar-refractivity contribution in [1.82, 2.24) is 10.1 Å². The molecule has 1 aromatic rings. The minimum atomic E-state index is -0.122. The van der Waals surface area contributed by atoms with Crippen molar-refractivity contribution in [2.75, 3.05) is 6.61 Å². The van der Waals surface area contributed by atoms with E-state index >= 15 is 0 Å². The predicted molar refractivity (Wildman–Crippen MR) is 74.7 cm³/mol. The van der Waals surface area contributed by atoms with Crippen molar-refractivity contribution in [2.45, 2.75) is 59.6 Å². The van der Waals surface area contributed by atoms with E-state index in [-0.39, 0.29) is 18.1 Å². The van der Waals surface area contributed by atoms with Crippen LogP contribution in [0.15, 0.2) is 4.52 Å². The summed E-state index contributed by atoms with van der Waals surface area (Å²) in [5.74, 6) is 1.98. The molecule has 0 aromatic carbocycles. The fourth-order valence-corrected chi connectivity index (χ4v) is 2.36. The molecular weight excluding hydrogens is 242 g/mol. The fraction of sp³-hybridized carbons (Fsp3) is 0.857. The Labute approximate surface area is 115 Å². The van der Waals surface area contributed by atoms with Gasteiger partial charge < -0.3 is 15.0 Å². The van der Waals surface area contributed by atoms with Crippen LogP contribution in [0.5, 0.6) is 0 Å². The van der Waals surface area contributed by atoms with E-state index in [0.717, 1.165) is 0 Å². The second-order valence-corrected chi connectivity index (χ2v) is 5.74. The molecule has 5 heteroatoms. The average Bonchev–Trinajstić information content (AvgIpc) is 2.73. The minimum Gasteiger partial charge on any atom is -0.370 e. The van der Waals surface area contributed by atoms with Crippen LogP contribution in [0.25, 0.3) is 0 Å². The first-order valence-corrected chi connectivity index (χ1v) is 7.09. The lowest BCUT2D eigenvalue weighted by atomic mass is 9.90. The largest absolute Gasteiger partial charge is 0.370 e. The third kappa shape index (κ3) is 4.01. The van der Waals surface area contributed by atoms with Gasteiger partial charge in [-0.2, -0.15) is 4.98 Å². The van der Waals surface area contributed by atoms with Gasteiger partial charge in [0.05, 0.1) is 5.92 Å².